The van der Waals surface area contributed by atoms with Crippen LogP contribution in [0.1, 0.15) is 41.0 Å². The van der Waals surface area contributed by atoms with Crippen molar-refractivity contribution in [1.82, 2.24) is 0 Å². The van der Waals surface area contributed by atoms with E-state index >= 15 is 0 Å². The molecule has 1 atom stereocenters. The average molecular weight is 348 g/mol. The molecule has 0 N–H and O–H groups in total. The van der Waals surface area contributed by atoms with Crippen molar-refractivity contribution in [3.63, 3.8) is 0 Å². The predicted molar refractivity (Wildman–Crippen MR) is 66.7 cm³/mol. The minimum atomic E-state index is -0.250. The summed E-state index contributed by atoms with van der Waals surface area (Å²) in [5.74, 6) is 0. The molecule has 1 saturated heterocycles. The summed E-state index contributed by atoms with van der Waals surface area (Å²) in [7, 11) is -0.198. The molecule has 17 heavy (non-hydrogen) atoms. The Morgan fingerprint density at radius 1 is 1.29 bits per heavy atom. The van der Waals surface area contributed by atoms with Gasteiger partial charge >= 0.3 is 115 Å². The summed E-state index contributed by atoms with van der Waals surface area (Å²) in [5.41, 5.74) is 0.734. The molecular formula is C12H20BINO2-. The molecule has 0 aromatic carbocycles. The first-order chi connectivity index (χ1) is 7.82. The van der Waals surface area contributed by atoms with Crippen LogP contribution < -0.4 is 21.5 Å². The van der Waals surface area contributed by atoms with Crippen molar-refractivity contribution >= 4 is 13.3 Å². The average Bonchev–Trinajstić information content (AvgIpc) is 2.39. The summed E-state index contributed by atoms with van der Waals surface area (Å²) in [6.07, 6.45) is 5.05. The summed E-state index contributed by atoms with van der Waals surface area (Å²) in [6, 6.07) is 0. The molecule has 96 valence electrons. The van der Waals surface area contributed by atoms with E-state index in [1.54, 1.807) is 0 Å². The third-order valence-corrected chi connectivity index (χ3v) is 5.68. The van der Waals surface area contributed by atoms with Gasteiger partial charge in [-0.3, -0.25) is 0 Å². The first-order valence-corrected chi connectivity index (χ1v) is 8.24. The van der Waals surface area contributed by atoms with Crippen LogP contribution in [0.4, 0.5) is 0 Å². The second-order valence-electron chi connectivity index (χ2n) is 5.66. The van der Waals surface area contributed by atoms with Crippen LogP contribution in [0.2, 0.25) is 0 Å². The molecule has 1 unspecified atom stereocenters. The van der Waals surface area contributed by atoms with Gasteiger partial charge in [-0.25, -0.2) is 0 Å². The Morgan fingerprint density at radius 2 is 1.88 bits per heavy atom. The molecule has 3 nitrogen and oxygen atoms in total. The van der Waals surface area contributed by atoms with Gasteiger partial charge in [0.15, 0.2) is 0 Å². The maximum absolute atomic E-state index is 6.07. The quantitative estimate of drug-likeness (QED) is 0.361. The third kappa shape index (κ3) is 2.76. The Balaban J connectivity index is 2.15. The molecule has 2 aliphatic heterocycles. The SMILES string of the molecule is CC1CC(B2OC(C)(C)C(C)(C)O2)=CC=N[I-]1. The Morgan fingerprint density at radius 3 is 2.47 bits per heavy atom. The van der Waals surface area contributed by atoms with Crippen molar-refractivity contribution in [2.24, 2.45) is 3.21 Å². The van der Waals surface area contributed by atoms with Gasteiger partial charge < -0.3 is 0 Å². The molecule has 2 heterocycles. The van der Waals surface area contributed by atoms with Crippen molar-refractivity contribution in [3.8, 4) is 0 Å². The van der Waals surface area contributed by atoms with Gasteiger partial charge in [0.2, 0.25) is 0 Å². The fourth-order valence-corrected chi connectivity index (χ4v) is 3.45. The van der Waals surface area contributed by atoms with Gasteiger partial charge in [0.1, 0.15) is 0 Å². The van der Waals surface area contributed by atoms with Gasteiger partial charge in [-0.15, -0.1) is 0 Å². The fraction of sp³-hybridized carbons (Fsp3) is 0.750. The zero-order valence-electron chi connectivity index (χ0n) is 11.2. The molecule has 1 fully saturated rings. The van der Waals surface area contributed by atoms with Crippen LogP contribution in [0.15, 0.2) is 14.8 Å². The van der Waals surface area contributed by atoms with Gasteiger partial charge in [-0.05, 0) is 0 Å². The van der Waals surface area contributed by atoms with E-state index < -0.39 is 0 Å². The molecule has 2 aliphatic rings. The Kier molecular flexibility index (Phi) is 3.72. The van der Waals surface area contributed by atoms with Crippen LogP contribution in [0.5, 0.6) is 0 Å². The van der Waals surface area contributed by atoms with Crippen molar-refractivity contribution in [1.29, 1.82) is 0 Å². The number of hydrogen-bond donors (Lipinski definition) is 0. The van der Waals surface area contributed by atoms with Gasteiger partial charge in [-0.2, -0.15) is 0 Å². The van der Waals surface area contributed by atoms with E-state index in [1.165, 1.54) is 5.47 Å². The predicted octanol–water partition coefficient (Wildman–Crippen LogP) is -0.589. The number of halogens is 1. The molecule has 0 radical (unpaired) electrons. The summed E-state index contributed by atoms with van der Waals surface area (Å²) in [6.45, 7) is 10.6. The van der Waals surface area contributed by atoms with E-state index in [-0.39, 0.29) is 39.8 Å². The van der Waals surface area contributed by atoms with E-state index in [1.807, 2.05) is 6.21 Å². The first-order valence-electron chi connectivity index (χ1n) is 6.02. The topological polar surface area (TPSA) is 30.8 Å². The van der Waals surface area contributed by atoms with Crippen LogP contribution in [-0.2, 0) is 9.31 Å². The molecule has 0 amide bonds. The number of alkyl halides is 1. The summed E-state index contributed by atoms with van der Waals surface area (Å²) in [5, 5.41) is 0. The molecule has 0 spiro atoms. The molecule has 5 heteroatoms. The molecule has 0 saturated carbocycles. The van der Waals surface area contributed by atoms with Gasteiger partial charge in [0, 0.05) is 0 Å². The van der Waals surface area contributed by atoms with Crippen LogP contribution in [0.25, 0.3) is 0 Å². The van der Waals surface area contributed by atoms with E-state index in [4.69, 9.17) is 9.31 Å². The van der Waals surface area contributed by atoms with Crippen LogP contribution in [0.3, 0.4) is 0 Å². The van der Waals surface area contributed by atoms with E-state index in [0.717, 1.165) is 6.42 Å². The number of rotatable bonds is 1. The third-order valence-electron chi connectivity index (χ3n) is 3.64. The molecular weight excluding hydrogens is 328 g/mol. The van der Waals surface area contributed by atoms with E-state index in [9.17, 15) is 0 Å². The molecule has 0 aliphatic carbocycles. The van der Waals surface area contributed by atoms with E-state index in [2.05, 4.69) is 43.9 Å². The van der Waals surface area contributed by atoms with Crippen LogP contribution in [0, 0.1) is 0 Å². The second kappa shape index (κ2) is 4.66. The molecule has 2 rings (SSSR count). The monoisotopic (exact) mass is 348 g/mol. The second-order valence-corrected chi connectivity index (χ2v) is 8.90. The summed E-state index contributed by atoms with van der Waals surface area (Å²) < 4.78 is 17.2. The zero-order valence-corrected chi connectivity index (χ0v) is 13.3. The summed E-state index contributed by atoms with van der Waals surface area (Å²) in [4.78, 5) is 0. The minimum absolute atomic E-state index is 0.0608. The Bertz CT molecular complexity index is 350. The number of hydrogen-bond acceptors (Lipinski definition) is 3. The number of allylic oxidation sites excluding steroid dienone is 2. The molecule has 0 bridgehead atoms. The van der Waals surface area contributed by atoms with Crippen molar-refractivity contribution < 1.29 is 30.8 Å². The Hall–Kier alpha value is 0.125. The van der Waals surface area contributed by atoms with Crippen molar-refractivity contribution in [2.75, 3.05) is 0 Å². The van der Waals surface area contributed by atoms with Gasteiger partial charge in [-0.1, -0.05) is 0 Å². The summed E-state index contributed by atoms with van der Waals surface area (Å²) >= 11 is -0.0608. The van der Waals surface area contributed by atoms with Crippen LogP contribution in [-0.4, -0.2) is 28.5 Å². The zero-order chi connectivity index (χ0) is 12.7. The maximum atomic E-state index is 6.07. The van der Waals surface area contributed by atoms with Crippen molar-refractivity contribution in [2.45, 2.75) is 56.2 Å². The van der Waals surface area contributed by atoms with Gasteiger partial charge in [0.05, 0.1) is 0 Å². The molecule has 0 aromatic rings. The fourth-order valence-electron chi connectivity index (χ4n) is 1.85. The van der Waals surface area contributed by atoms with Gasteiger partial charge in [0.25, 0.3) is 0 Å². The molecule has 0 aromatic heterocycles. The normalized spacial score (nSPS) is 31.7. The van der Waals surface area contributed by atoms with Crippen LogP contribution >= 0.6 is 0 Å². The van der Waals surface area contributed by atoms with Crippen molar-refractivity contribution in [3.05, 3.63) is 11.5 Å². The Labute approximate surface area is 115 Å². The standard InChI is InChI=1S/C12H20BINO2/c1-9-8-10(6-7-15-14-9)13-16-11(2,3)12(4,5)17-13/h6-7,9H,8H2,1-5H3/q-1. The number of nitrogens with zero attached hydrogens (tertiary/aromatic N) is 1. The van der Waals surface area contributed by atoms with E-state index in [0.29, 0.717) is 3.92 Å². The first kappa shape index (κ1) is 13.6.